The first kappa shape index (κ1) is 14.4. The number of benzene rings is 1. The topological polar surface area (TPSA) is 43.4 Å². The molecule has 0 radical (unpaired) electrons. The monoisotopic (exact) mass is 314 g/mol. The predicted octanol–water partition coefficient (Wildman–Crippen LogP) is 3.54. The maximum absolute atomic E-state index is 13.6. The van der Waals surface area contributed by atoms with Crippen LogP contribution in [0.3, 0.4) is 0 Å². The molecular formula is C14H10F4N2O2. The smallest absolute Gasteiger partial charge is 0.253 e. The summed E-state index contributed by atoms with van der Waals surface area (Å²) in [6.45, 7) is 1.66. The van der Waals surface area contributed by atoms with Crippen molar-refractivity contribution in [2.24, 2.45) is 0 Å². The summed E-state index contributed by atoms with van der Waals surface area (Å²) in [6.07, 6.45) is 0. The minimum atomic E-state index is -1.71. The molecule has 0 bridgehead atoms. The lowest BCUT2D eigenvalue weighted by Crippen LogP contribution is -2.13. The quantitative estimate of drug-likeness (QED) is 0.695. The zero-order valence-electron chi connectivity index (χ0n) is 11.3. The van der Waals surface area contributed by atoms with Crippen molar-refractivity contribution in [2.75, 3.05) is 12.1 Å². The van der Waals surface area contributed by atoms with Gasteiger partial charge in [0.1, 0.15) is 5.69 Å². The lowest BCUT2D eigenvalue weighted by atomic mass is 10.1. The molecule has 8 heteroatoms. The Morgan fingerprint density at radius 1 is 1.05 bits per heavy atom. The summed E-state index contributed by atoms with van der Waals surface area (Å²) in [7, 11) is 0. The zero-order valence-corrected chi connectivity index (χ0v) is 11.3. The van der Waals surface area contributed by atoms with Gasteiger partial charge >= 0.3 is 0 Å². The third-order valence-electron chi connectivity index (χ3n) is 3.26. The Balaban J connectivity index is 1.90. The van der Waals surface area contributed by atoms with Gasteiger partial charge in [0.25, 0.3) is 11.9 Å². The standard InChI is InChI=1S/C14H10F4N2O2/c1-6(7-2-3-8-9(4-7)22-5-21-8)19-12-10(15)13(17)20-14(18)11(12)16/h2-4,6H,5H2,1H3,(H,19,20). The van der Waals surface area contributed by atoms with Crippen LogP contribution in [0.25, 0.3) is 0 Å². The Morgan fingerprint density at radius 2 is 1.68 bits per heavy atom. The van der Waals surface area contributed by atoms with Gasteiger partial charge in [0.15, 0.2) is 11.5 Å². The van der Waals surface area contributed by atoms with Gasteiger partial charge < -0.3 is 14.8 Å². The molecule has 0 saturated heterocycles. The lowest BCUT2D eigenvalue weighted by molar-refractivity contribution is 0.174. The largest absolute Gasteiger partial charge is 0.454 e. The highest BCUT2D eigenvalue weighted by molar-refractivity contribution is 5.50. The van der Waals surface area contributed by atoms with Crippen LogP contribution >= 0.6 is 0 Å². The second kappa shape index (κ2) is 5.36. The molecule has 1 unspecified atom stereocenters. The van der Waals surface area contributed by atoms with Gasteiger partial charge in [-0.3, -0.25) is 0 Å². The second-order valence-corrected chi connectivity index (χ2v) is 4.68. The summed E-state index contributed by atoms with van der Waals surface area (Å²) in [4.78, 5) is 2.50. The van der Waals surface area contributed by atoms with Crippen molar-refractivity contribution in [3.63, 3.8) is 0 Å². The van der Waals surface area contributed by atoms with Crippen molar-refractivity contribution in [2.45, 2.75) is 13.0 Å². The van der Waals surface area contributed by atoms with Crippen LogP contribution in [-0.4, -0.2) is 11.8 Å². The minimum Gasteiger partial charge on any atom is -0.454 e. The van der Waals surface area contributed by atoms with Crippen LogP contribution in [0.5, 0.6) is 11.5 Å². The Bertz CT molecular complexity index is 713. The van der Waals surface area contributed by atoms with Gasteiger partial charge in [-0.25, -0.2) is 0 Å². The van der Waals surface area contributed by atoms with Gasteiger partial charge in [-0.2, -0.15) is 22.5 Å². The molecule has 0 saturated carbocycles. The average Bonchev–Trinajstić information content (AvgIpc) is 2.96. The first-order chi connectivity index (χ1) is 10.5. The molecule has 1 aromatic carbocycles. The molecule has 22 heavy (non-hydrogen) atoms. The van der Waals surface area contributed by atoms with Crippen molar-refractivity contribution >= 4 is 5.69 Å². The number of fused-ring (bicyclic) bond motifs is 1. The number of hydrogen-bond acceptors (Lipinski definition) is 4. The Hall–Kier alpha value is -2.51. The minimum absolute atomic E-state index is 0.0879. The van der Waals surface area contributed by atoms with E-state index in [1.807, 2.05) is 0 Å². The van der Waals surface area contributed by atoms with Crippen LogP contribution in [0.2, 0.25) is 0 Å². The average molecular weight is 314 g/mol. The molecule has 1 aromatic heterocycles. The third-order valence-corrected chi connectivity index (χ3v) is 3.26. The fourth-order valence-electron chi connectivity index (χ4n) is 2.10. The number of hydrogen-bond donors (Lipinski definition) is 1. The highest BCUT2D eigenvalue weighted by Crippen LogP contribution is 2.35. The summed E-state index contributed by atoms with van der Waals surface area (Å²) in [5, 5.41) is 2.40. The van der Waals surface area contributed by atoms with Crippen LogP contribution in [-0.2, 0) is 0 Å². The Morgan fingerprint density at radius 3 is 2.36 bits per heavy atom. The van der Waals surface area contributed by atoms with E-state index in [0.29, 0.717) is 17.1 Å². The molecule has 0 amide bonds. The van der Waals surface area contributed by atoms with E-state index in [1.54, 1.807) is 25.1 Å². The molecule has 0 spiro atoms. The van der Waals surface area contributed by atoms with Gasteiger partial charge in [0.05, 0.1) is 0 Å². The van der Waals surface area contributed by atoms with Gasteiger partial charge in [-0.15, -0.1) is 0 Å². The van der Waals surface area contributed by atoms with Crippen LogP contribution in [0.15, 0.2) is 18.2 Å². The third kappa shape index (κ3) is 2.40. The first-order valence-electron chi connectivity index (χ1n) is 6.33. The SMILES string of the molecule is CC(Nc1c(F)c(F)nc(F)c1F)c1ccc2c(c1)OCO2. The van der Waals surface area contributed by atoms with Crippen LogP contribution in [0.1, 0.15) is 18.5 Å². The number of pyridine rings is 1. The molecule has 2 aromatic rings. The van der Waals surface area contributed by atoms with Crippen molar-refractivity contribution in [3.05, 3.63) is 47.3 Å². The number of anilines is 1. The van der Waals surface area contributed by atoms with E-state index in [-0.39, 0.29) is 6.79 Å². The summed E-state index contributed by atoms with van der Waals surface area (Å²) in [6, 6.07) is 4.26. The molecule has 4 nitrogen and oxygen atoms in total. The number of rotatable bonds is 3. The van der Waals surface area contributed by atoms with Gasteiger partial charge in [-0.1, -0.05) is 6.07 Å². The van der Waals surface area contributed by atoms with Crippen molar-refractivity contribution in [1.29, 1.82) is 0 Å². The van der Waals surface area contributed by atoms with Crippen molar-refractivity contribution in [1.82, 2.24) is 4.98 Å². The highest BCUT2D eigenvalue weighted by atomic mass is 19.2. The van der Waals surface area contributed by atoms with Crippen molar-refractivity contribution in [3.8, 4) is 11.5 Å². The first-order valence-corrected chi connectivity index (χ1v) is 6.33. The van der Waals surface area contributed by atoms with E-state index in [0.717, 1.165) is 0 Å². The van der Waals surface area contributed by atoms with E-state index >= 15 is 0 Å². The molecule has 1 aliphatic rings. The van der Waals surface area contributed by atoms with E-state index in [1.165, 1.54) is 0 Å². The van der Waals surface area contributed by atoms with E-state index in [2.05, 4.69) is 10.3 Å². The van der Waals surface area contributed by atoms with Crippen LogP contribution in [0, 0.1) is 23.5 Å². The molecule has 3 rings (SSSR count). The second-order valence-electron chi connectivity index (χ2n) is 4.68. The van der Waals surface area contributed by atoms with E-state index < -0.39 is 35.3 Å². The Kier molecular flexibility index (Phi) is 3.51. The number of halogens is 4. The van der Waals surface area contributed by atoms with Gasteiger partial charge in [-0.05, 0) is 24.6 Å². The predicted molar refractivity (Wildman–Crippen MR) is 68.7 cm³/mol. The number of nitrogens with one attached hydrogen (secondary N) is 1. The molecule has 116 valence electrons. The normalized spacial score (nSPS) is 14.0. The highest BCUT2D eigenvalue weighted by Gasteiger charge is 2.23. The van der Waals surface area contributed by atoms with Gasteiger partial charge in [0, 0.05) is 6.04 Å². The molecule has 1 N–H and O–H groups in total. The maximum atomic E-state index is 13.6. The van der Waals surface area contributed by atoms with E-state index in [9.17, 15) is 17.6 Å². The molecule has 0 aliphatic carbocycles. The summed E-state index contributed by atoms with van der Waals surface area (Å²) < 4.78 is 63.7. The number of nitrogens with zero attached hydrogens (tertiary/aromatic N) is 1. The zero-order chi connectivity index (χ0) is 15.9. The fraction of sp³-hybridized carbons (Fsp3) is 0.214. The van der Waals surface area contributed by atoms with Crippen LogP contribution in [0.4, 0.5) is 23.2 Å². The summed E-state index contributed by atoms with van der Waals surface area (Å²) in [5.41, 5.74) is -0.309. The maximum Gasteiger partial charge on any atom is 0.253 e. The molecule has 0 fully saturated rings. The molecule has 2 heterocycles. The Labute approximate surface area is 122 Å². The fourth-order valence-corrected chi connectivity index (χ4v) is 2.10. The summed E-state index contributed by atoms with van der Waals surface area (Å²) >= 11 is 0. The number of aromatic nitrogens is 1. The van der Waals surface area contributed by atoms with Crippen LogP contribution < -0.4 is 14.8 Å². The summed E-state index contributed by atoms with van der Waals surface area (Å²) in [5.74, 6) is -5.54. The van der Waals surface area contributed by atoms with Crippen molar-refractivity contribution < 1.29 is 27.0 Å². The van der Waals surface area contributed by atoms with Gasteiger partial charge in [0.2, 0.25) is 18.4 Å². The number of ether oxygens (including phenoxy) is 2. The molecule has 1 aliphatic heterocycles. The molecular weight excluding hydrogens is 304 g/mol. The lowest BCUT2D eigenvalue weighted by Gasteiger charge is -2.17. The van der Waals surface area contributed by atoms with E-state index in [4.69, 9.17) is 9.47 Å². The molecule has 1 atom stereocenters.